The van der Waals surface area contributed by atoms with Crippen molar-refractivity contribution in [3.63, 3.8) is 0 Å². The van der Waals surface area contributed by atoms with E-state index in [1.165, 1.54) is 12.1 Å². The average molecular weight is 439 g/mol. The number of nitrogens with one attached hydrogen (secondary N) is 1. The van der Waals surface area contributed by atoms with E-state index >= 15 is 0 Å². The van der Waals surface area contributed by atoms with Crippen LogP contribution < -0.4 is 0 Å². The second-order valence-corrected chi connectivity index (χ2v) is 7.47. The number of hydrogen-bond acceptors (Lipinski definition) is 5. The number of nitrogens with zero attached hydrogens (tertiary/aromatic N) is 4. The van der Waals surface area contributed by atoms with Crippen molar-refractivity contribution in [3.05, 3.63) is 77.8 Å². The number of likely N-dealkylation sites (tertiary alicyclic amines) is 1. The first-order valence-electron chi connectivity index (χ1n) is 9.80. The van der Waals surface area contributed by atoms with E-state index in [4.69, 9.17) is 4.52 Å². The molecule has 1 amide bonds. The molecule has 1 saturated heterocycles. The Morgan fingerprint density at radius 3 is 2.53 bits per heavy atom. The van der Waals surface area contributed by atoms with Crippen LogP contribution in [0.3, 0.4) is 0 Å². The fourth-order valence-electron chi connectivity index (χ4n) is 3.51. The first kappa shape index (κ1) is 20.0. The lowest BCUT2D eigenvalue weighted by Crippen LogP contribution is -2.48. The van der Waals surface area contributed by atoms with Gasteiger partial charge in [0.2, 0.25) is 11.7 Å². The highest BCUT2D eigenvalue weighted by molar-refractivity contribution is 5.94. The fourth-order valence-corrected chi connectivity index (χ4v) is 3.51. The molecule has 0 spiro atoms. The van der Waals surface area contributed by atoms with Gasteiger partial charge >= 0.3 is 6.18 Å². The third kappa shape index (κ3) is 3.75. The molecule has 162 valence electrons. The van der Waals surface area contributed by atoms with Gasteiger partial charge in [0.05, 0.1) is 17.2 Å². The van der Waals surface area contributed by atoms with E-state index in [2.05, 4.69) is 20.3 Å². The van der Waals surface area contributed by atoms with Crippen LogP contribution in [0, 0.1) is 0 Å². The molecule has 1 aliphatic heterocycles. The Kier molecular flexibility index (Phi) is 4.76. The summed E-state index contributed by atoms with van der Waals surface area (Å²) in [5.41, 5.74) is 1.38. The Balaban J connectivity index is 1.24. The van der Waals surface area contributed by atoms with E-state index in [1.54, 1.807) is 11.0 Å². The highest BCUT2D eigenvalue weighted by atomic mass is 19.4. The first-order chi connectivity index (χ1) is 15.4. The van der Waals surface area contributed by atoms with E-state index < -0.39 is 11.7 Å². The molecule has 0 atom stereocenters. The van der Waals surface area contributed by atoms with Gasteiger partial charge in [0.25, 0.3) is 5.91 Å². The molecule has 0 radical (unpaired) electrons. The molecule has 2 aromatic heterocycles. The van der Waals surface area contributed by atoms with Crippen LogP contribution in [0.15, 0.2) is 65.2 Å². The monoisotopic (exact) mass is 439 g/mol. The molecule has 1 N–H and O–H groups in total. The molecule has 5 rings (SSSR count). The van der Waals surface area contributed by atoms with Crippen molar-refractivity contribution in [1.82, 2.24) is 25.2 Å². The van der Waals surface area contributed by atoms with Crippen LogP contribution in [0.1, 0.15) is 27.9 Å². The van der Waals surface area contributed by atoms with Gasteiger partial charge in [-0.15, -0.1) is 0 Å². The molecule has 0 aliphatic carbocycles. The molecule has 1 fully saturated rings. The normalized spacial score (nSPS) is 14.4. The molecule has 10 heteroatoms. The zero-order valence-electron chi connectivity index (χ0n) is 16.5. The average Bonchev–Trinajstić information content (AvgIpc) is 3.43. The maximum atomic E-state index is 12.9. The summed E-state index contributed by atoms with van der Waals surface area (Å²) in [6.45, 7) is 0.728. The lowest BCUT2D eigenvalue weighted by atomic mass is 9.99. The fraction of sp³-hybridized carbons (Fsp3) is 0.182. The van der Waals surface area contributed by atoms with Crippen LogP contribution in [-0.2, 0) is 6.18 Å². The maximum absolute atomic E-state index is 12.9. The van der Waals surface area contributed by atoms with Crippen LogP contribution in [-0.4, -0.2) is 44.2 Å². The zero-order chi connectivity index (χ0) is 22.3. The predicted octanol–water partition coefficient (Wildman–Crippen LogP) is 4.39. The molecule has 7 nitrogen and oxygen atoms in total. The van der Waals surface area contributed by atoms with E-state index in [1.807, 2.05) is 30.3 Å². The largest absolute Gasteiger partial charge is 0.416 e. The molecule has 32 heavy (non-hydrogen) atoms. The highest BCUT2D eigenvalue weighted by Gasteiger charge is 2.37. The van der Waals surface area contributed by atoms with Gasteiger partial charge in [0.1, 0.15) is 5.69 Å². The predicted molar refractivity (Wildman–Crippen MR) is 107 cm³/mol. The number of halogens is 3. The number of alkyl halides is 3. The summed E-state index contributed by atoms with van der Waals surface area (Å²) in [6.07, 6.45) is -4.45. The number of benzene rings is 2. The van der Waals surface area contributed by atoms with E-state index in [0.29, 0.717) is 24.5 Å². The summed E-state index contributed by atoms with van der Waals surface area (Å²) >= 11 is 0. The van der Waals surface area contributed by atoms with Gasteiger partial charge < -0.3 is 9.42 Å². The van der Waals surface area contributed by atoms with Crippen LogP contribution in [0.2, 0.25) is 0 Å². The van der Waals surface area contributed by atoms with Gasteiger partial charge in [-0.05, 0) is 18.2 Å². The molecule has 4 aromatic rings. The zero-order valence-corrected chi connectivity index (χ0v) is 16.5. The Hall–Kier alpha value is -3.95. The minimum absolute atomic E-state index is 0.0805. The summed E-state index contributed by atoms with van der Waals surface area (Å²) in [6, 6.07) is 15.9. The third-order valence-electron chi connectivity index (χ3n) is 5.29. The lowest BCUT2D eigenvalue weighted by molar-refractivity contribution is -0.137. The van der Waals surface area contributed by atoms with Gasteiger partial charge in [-0.1, -0.05) is 47.6 Å². The van der Waals surface area contributed by atoms with Gasteiger partial charge in [0.15, 0.2) is 0 Å². The number of aromatic nitrogens is 4. The Morgan fingerprint density at radius 1 is 1.03 bits per heavy atom. The summed E-state index contributed by atoms with van der Waals surface area (Å²) < 4.78 is 44.0. The summed E-state index contributed by atoms with van der Waals surface area (Å²) in [5.74, 6) is -0.0101. The molecule has 2 aromatic carbocycles. The molecular weight excluding hydrogens is 423 g/mol. The van der Waals surface area contributed by atoms with Gasteiger partial charge in [-0.25, -0.2) is 0 Å². The molecule has 0 bridgehead atoms. The van der Waals surface area contributed by atoms with Crippen LogP contribution in [0.4, 0.5) is 13.2 Å². The molecule has 3 heterocycles. The highest BCUT2D eigenvalue weighted by Crippen LogP contribution is 2.33. The molecule has 1 aliphatic rings. The van der Waals surface area contributed by atoms with Gasteiger partial charge in [-0.2, -0.15) is 23.3 Å². The number of carbonyl (C=O) groups is 1. The Bertz CT molecular complexity index is 1260. The smallest absolute Gasteiger partial charge is 0.339 e. The SMILES string of the molecule is O=C(c1cc(-c2ccccc2)n[nH]1)N1CC(c2nc(-c3cccc(C(F)(F)F)c3)no2)C1. The van der Waals surface area contributed by atoms with Crippen molar-refractivity contribution in [2.24, 2.45) is 0 Å². The van der Waals surface area contributed by atoms with Crippen molar-refractivity contribution in [3.8, 4) is 22.6 Å². The van der Waals surface area contributed by atoms with Crippen molar-refractivity contribution >= 4 is 5.91 Å². The topological polar surface area (TPSA) is 87.9 Å². The lowest BCUT2D eigenvalue weighted by Gasteiger charge is -2.36. The van der Waals surface area contributed by atoms with Crippen LogP contribution in [0.25, 0.3) is 22.6 Å². The van der Waals surface area contributed by atoms with Crippen LogP contribution in [0.5, 0.6) is 0 Å². The number of amides is 1. The minimum atomic E-state index is -4.45. The molecular formula is C22H16F3N5O2. The van der Waals surface area contributed by atoms with Crippen molar-refractivity contribution in [2.45, 2.75) is 12.1 Å². The van der Waals surface area contributed by atoms with Gasteiger partial charge in [0, 0.05) is 24.2 Å². The van der Waals surface area contributed by atoms with Gasteiger partial charge in [-0.3, -0.25) is 9.89 Å². The standard InChI is InChI=1S/C22H16F3N5O2/c23-22(24,25)16-8-4-7-14(9-16)19-26-20(32-29-19)15-11-30(12-15)21(31)18-10-17(27-28-18)13-5-2-1-3-6-13/h1-10,15H,11-12H2,(H,27,28). The number of rotatable bonds is 4. The molecule has 0 saturated carbocycles. The Labute approximate surface area is 179 Å². The minimum Gasteiger partial charge on any atom is -0.339 e. The van der Waals surface area contributed by atoms with E-state index in [0.717, 1.165) is 17.7 Å². The van der Waals surface area contributed by atoms with Crippen LogP contribution >= 0.6 is 0 Å². The second-order valence-electron chi connectivity index (χ2n) is 7.47. The van der Waals surface area contributed by atoms with E-state index in [-0.39, 0.29) is 29.1 Å². The quantitative estimate of drug-likeness (QED) is 0.510. The van der Waals surface area contributed by atoms with Crippen molar-refractivity contribution in [1.29, 1.82) is 0 Å². The summed E-state index contributed by atoms with van der Waals surface area (Å²) in [5, 5.41) is 10.8. The van der Waals surface area contributed by atoms with Crippen molar-refractivity contribution in [2.75, 3.05) is 13.1 Å². The number of carbonyl (C=O) groups excluding carboxylic acids is 1. The van der Waals surface area contributed by atoms with E-state index in [9.17, 15) is 18.0 Å². The summed E-state index contributed by atoms with van der Waals surface area (Å²) in [7, 11) is 0. The second kappa shape index (κ2) is 7.63. The Morgan fingerprint density at radius 2 is 1.78 bits per heavy atom. The maximum Gasteiger partial charge on any atom is 0.416 e. The van der Waals surface area contributed by atoms with Crippen molar-refractivity contribution < 1.29 is 22.5 Å². The number of hydrogen-bond donors (Lipinski definition) is 1. The molecule has 0 unspecified atom stereocenters. The first-order valence-corrected chi connectivity index (χ1v) is 9.80. The third-order valence-corrected chi connectivity index (χ3v) is 5.29. The number of aromatic amines is 1. The summed E-state index contributed by atoms with van der Waals surface area (Å²) in [4.78, 5) is 18.5. The number of H-pyrrole nitrogens is 1.